The fraction of sp³-hybridized carbons (Fsp3) is 0.0952. The Morgan fingerprint density at radius 1 is 0.846 bits per heavy atom. The molecule has 1 atom stereocenters. The second kappa shape index (κ2) is 6.11. The number of carbonyl (C=O) groups is 3. The number of nitrogens with one attached hydrogen (secondary N) is 1. The van der Waals surface area contributed by atoms with E-state index >= 15 is 0 Å². The first-order valence-corrected chi connectivity index (χ1v) is 8.33. The Hall–Kier alpha value is -3.47. The summed E-state index contributed by atoms with van der Waals surface area (Å²) in [6.07, 6.45) is 0. The first-order valence-electron chi connectivity index (χ1n) is 8.33. The lowest BCUT2D eigenvalue weighted by atomic mass is 10.1. The number of anilines is 1. The van der Waals surface area contributed by atoms with Crippen LogP contribution in [-0.4, -0.2) is 28.7 Å². The zero-order chi connectivity index (χ0) is 18.3. The number of benzene rings is 3. The second-order valence-electron chi connectivity index (χ2n) is 6.22. The highest BCUT2D eigenvalue weighted by Crippen LogP contribution is 2.26. The summed E-state index contributed by atoms with van der Waals surface area (Å²) in [5.41, 5.74) is 1.32. The lowest BCUT2D eigenvalue weighted by Gasteiger charge is -2.22. The molecule has 4 rings (SSSR count). The van der Waals surface area contributed by atoms with E-state index in [1.807, 2.05) is 36.4 Å². The van der Waals surface area contributed by atoms with Crippen molar-refractivity contribution in [2.45, 2.75) is 13.0 Å². The van der Waals surface area contributed by atoms with E-state index in [0.717, 1.165) is 15.7 Å². The SMILES string of the molecule is C[C@H](C(=O)Nc1cccc2ccccc12)N1C(=O)c2ccccc2C1=O. The van der Waals surface area contributed by atoms with E-state index < -0.39 is 23.8 Å². The lowest BCUT2D eigenvalue weighted by Crippen LogP contribution is -2.45. The van der Waals surface area contributed by atoms with Gasteiger partial charge in [-0.2, -0.15) is 0 Å². The highest BCUT2D eigenvalue weighted by Gasteiger charge is 2.40. The number of nitrogens with zero attached hydrogens (tertiary/aromatic N) is 1. The van der Waals surface area contributed by atoms with Gasteiger partial charge in [-0.25, -0.2) is 0 Å². The average Bonchev–Trinajstić information content (AvgIpc) is 2.92. The van der Waals surface area contributed by atoms with Crippen LogP contribution in [0.1, 0.15) is 27.6 Å². The molecular formula is C21H16N2O3. The van der Waals surface area contributed by atoms with Crippen molar-refractivity contribution in [1.29, 1.82) is 0 Å². The molecule has 0 unspecified atom stereocenters. The van der Waals surface area contributed by atoms with Crippen LogP contribution in [0.5, 0.6) is 0 Å². The largest absolute Gasteiger partial charge is 0.324 e. The molecule has 3 aromatic rings. The first-order chi connectivity index (χ1) is 12.6. The highest BCUT2D eigenvalue weighted by molar-refractivity contribution is 6.23. The number of hydrogen-bond acceptors (Lipinski definition) is 3. The molecule has 0 saturated heterocycles. The highest BCUT2D eigenvalue weighted by atomic mass is 16.2. The Kier molecular flexibility index (Phi) is 3.77. The van der Waals surface area contributed by atoms with Crippen LogP contribution in [0.3, 0.4) is 0 Å². The monoisotopic (exact) mass is 344 g/mol. The van der Waals surface area contributed by atoms with Gasteiger partial charge in [0.2, 0.25) is 5.91 Å². The number of fused-ring (bicyclic) bond motifs is 2. The van der Waals surface area contributed by atoms with Crippen molar-refractivity contribution in [3.8, 4) is 0 Å². The summed E-state index contributed by atoms with van der Waals surface area (Å²) >= 11 is 0. The Labute approximate surface area is 150 Å². The van der Waals surface area contributed by atoms with Crippen LogP contribution in [0.25, 0.3) is 10.8 Å². The molecule has 0 aromatic heterocycles. The first kappa shape index (κ1) is 16.0. The molecule has 0 aliphatic carbocycles. The Bertz CT molecular complexity index is 1020. The summed E-state index contributed by atoms with van der Waals surface area (Å²) in [4.78, 5) is 38.8. The smallest absolute Gasteiger partial charge is 0.262 e. The van der Waals surface area contributed by atoms with Crippen LogP contribution in [-0.2, 0) is 4.79 Å². The normalized spacial score (nSPS) is 14.4. The number of amides is 3. The van der Waals surface area contributed by atoms with E-state index in [1.165, 1.54) is 0 Å². The van der Waals surface area contributed by atoms with Gasteiger partial charge in [-0.3, -0.25) is 19.3 Å². The molecule has 26 heavy (non-hydrogen) atoms. The molecule has 1 N–H and O–H groups in total. The molecule has 1 heterocycles. The van der Waals surface area contributed by atoms with Gasteiger partial charge >= 0.3 is 0 Å². The molecule has 1 aliphatic heterocycles. The molecule has 1 aliphatic rings. The van der Waals surface area contributed by atoms with Gasteiger partial charge in [0.05, 0.1) is 11.1 Å². The molecule has 128 valence electrons. The van der Waals surface area contributed by atoms with E-state index in [2.05, 4.69) is 5.32 Å². The molecule has 0 saturated carbocycles. The van der Waals surface area contributed by atoms with Crippen molar-refractivity contribution in [3.05, 3.63) is 77.9 Å². The van der Waals surface area contributed by atoms with Gasteiger partial charge in [0.1, 0.15) is 6.04 Å². The van der Waals surface area contributed by atoms with Gasteiger partial charge in [-0.1, -0.05) is 48.5 Å². The molecule has 0 bridgehead atoms. The van der Waals surface area contributed by atoms with E-state index in [1.54, 1.807) is 37.3 Å². The minimum atomic E-state index is -0.915. The molecular weight excluding hydrogens is 328 g/mol. The fourth-order valence-electron chi connectivity index (χ4n) is 3.25. The van der Waals surface area contributed by atoms with E-state index in [4.69, 9.17) is 0 Å². The lowest BCUT2D eigenvalue weighted by molar-refractivity contribution is -0.119. The van der Waals surface area contributed by atoms with Gasteiger partial charge in [0.25, 0.3) is 11.8 Å². The third kappa shape index (κ3) is 2.45. The molecule has 5 nitrogen and oxygen atoms in total. The van der Waals surface area contributed by atoms with Crippen molar-refractivity contribution >= 4 is 34.2 Å². The Morgan fingerprint density at radius 2 is 1.42 bits per heavy atom. The summed E-state index contributed by atoms with van der Waals surface area (Å²) in [6, 6.07) is 19.0. The van der Waals surface area contributed by atoms with Gasteiger partial charge in [0.15, 0.2) is 0 Å². The molecule has 3 amide bonds. The Balaban J connectivity index is 1.61. The van der Waals surface area contributed by atoms with Gasteiger partial charge in [0, 0.05) is 11.1 Å². The van der Waals surface area contributed by atoms with Crippen LogP contribution in [0.2, 0.25) is 0 Å². The molecule has 0 fully saturated rings. The van der Waals surface area contributed by atoms with Crippen molar-refractivity contribution in [2.24, 2.45) is 0 Å². The number of imide groups is 1. The number of hydrogen-bond donors (Lipinski definition) is 1. The zero-order valence-corrected chi connectivity index (χ0v) is 14.1. The van der Waals surface area contributed by atoms with Crippen LogP contribution in [0.4, 0.5) is 5.69 Å². The van der Waals surface area contributed by atoms with E-state index in [-0.39, 0.29) is 0 Å². The maximum atomic E-state index is 12.7. The Morgan fingerprint density at radius 3 is 2.12 bits per heavy atom. The molecule has 5 heteroatoms. The van der Waals surface area contributed by atoms with Crippen LogP contribution >= 0.6 is 0 Å². The summed E-state index contributed by atoms with van der Waals surface area (Å²) in [5.74, 6) is -1.28. The van der Waals surface area contributed by atoms with Crippen molar-refractivity contribution in [1.82, 2.24) is 4.90 Å². The predicted octanol–water partition coefficient (Wildman–Crippen LogP) is 3.46. The summed E-state index contributed by atoms with van der Waals surface area (Å²) < 4.78 is 0. The van der Waals surface area contributed by atoms with Crippen molar-refractivity contribution < 1.29 is 14.4 Å². The van der Waals surface area contributed by atoms with Gasteiger partial charge in [-0.15, -0.1) is 0 Å². The summed E-state index contributed by atoms with van der Waals surface area (Å²) in [6.45, 7) is 1.56. The summed E-state index contributed by atoms with van der Waals surface area (Å²) in [5, 5.41) is 4.74. The molecule has 3 aromatic carbocycles. The molecule has 0 spiro atoms. The molecule has 0 radical (unpaired) electrons. The standard InChI is InChI=1S/C21H16N2O3/c1-13(23-20(25)16-10-4-5-11-17(16)21(23)26)19(24)22-18-12-6-8-14-7-2-3-9-15(14)18/h2-13H,1H3,(H,22,24)/t13-/m1/s1. The maximum absolute atomic E-state index is 12.7. The second-order valence-corrected chi connectivity index (χ2v) is 6.22. The number of carbonyl (C=O) groups excluding carboxylic acids is 3. The topological polar surface area (TPSA) is 66.5 Å². The van der Waals surface area contributed by atoms with Crippen molar-refractivity contribution in [2.75, 3.05) is 5.32 Å². The predicted molar refractivity (Wildman–Crippen MR) is 99.0 cm³/mol. The van der Waals surface area contributed by atoms with Crippen molar-refractivity contribution in [3.63, 3.8) is 0 Å². The quantitative estimate of drug-likeness (QED) is 0.740. The summed E-state index contributed by atoms with van der Waals surface area (Å²) in [7, 11) is 0. The number of rotatable bonds is 3. The van der Waals surface area contributed by atoms with Gasteiger partial charge in [-0.05, 0) is 30.5 Å². The van der Waals surface area contributed by atoms with Crippen LogP contribution < -0.4 is 5.32 Å². The van der Waals surface area contributed by atoms with Gasteiger partial charge < -0.3 is 5.32 Å². The minimum absolute atomic E-state index is 0.335. The van der Waals surface area contributed by atoms with Crippen LogP contribution in [0, 0.1) is 0 Å². The van der Waals surface area contributed by atoms with E-state index in [0.29, 0.717) is 16.8 Å². The maximum Gasteiger partial charge on any atom is 0.262 e. The zero-order valence-electron chi connectivity index (χ0n) is 14.1. The minimum Gasteiger partial charge on any atom is -0.324 e. The third-order valence-electron chi connectivity index (χ3n) is 4.64. The van der Waals surface area contributed by atoms with Crippen LogP contribution in [0.15, 0.2) is 66.7 Å². The fourth-order valence-corrected chi connectivity index (χ4v) is 3.25. The average molecular weight is 344 g/mol. The van der Waals surface area contributed by atoms with E-state index in [9.17, 15) is 14.4 Å². The third-order valence-corrected chi connectivity index (χ3v) is 4.64.